The van der Waals surface area contributed by atoms with Crippen LogP contribution in [0.15, 0.2) is 18.2 Å². The van der Waals surface area contributed by atoms with Crippen LogP contribution >= 0.6 is 0 Å². The van der Waals surface area contributed by atoms with Gasteiger partial charge in [0.05, 0.1) is 12.8 Å². The molecule has 2 atom stereocenters. The maximum Gasteiger partial charge on any atom is 0.253 e. The van der Waals surface area contributed by atoms with Crippen molar-refractivity contribution in [2.45, 2.75) is 20.3 Å². The third-order valence-corrected chi connectivity index (χ3v) is 4.10. The Hall–Kier alpha value is -1.71. The monoisotopic (exact) mass is 262 g/mol. The smallest absolute Gasteiger partial charge is 0.253 e. The van der Waals surface area contributed by atoms with Crippen molar-refractivity contribution in [2.75, 3.05) is 25.9 Å². The molecule has 0 bridgehead atoms. The second-order valence-corrected chi connectivity index (χ2v) is 5.45. The normalized spacial score (nSPS) is 23.2. The molecule has 4 nitrogen and oxygen atoms in total. The molecule has 1 aliphatic heterocycles. The summed E-state index contributed by atoms with van der Waals surface area (Å²) in [5.74, 6) is 1.91. The Kier molecular flexibility index (Phi) is 3.98. The number of hydrogen-bond donors (Lipinski definition) is 1. The van der Waals surface area contributed by atoms with Crippen LogP contribution in [0.3, 0.4) is 0 Å². The van der Waals surface area contributed by atoms with Crippen LogP contribution in [-0.4, -0.2) is 31.0 Å². The Balaban J connectivity index is 2.13. The van der Waals surface area contributed by atoms with Crippen molar-refractivity contribution in [1.29, 1.82) is 0 Å². The van der Waals surface area contributed by atoms with E-state index in [2.05, 4.69) is 13.8 Å². The van der Waals surface area contributed by atoms with E-state index in [4.69, 9.17) is 10.5 Å². The first-order valence-corrected chi connectivity index (χ1v) is 6.75. The second-order valence-electron chi connectivity index (χ2n) is 5.45. The van der Waals surface area contributed by atoms with Gasteiger partial charge in [-0.1, -0.05) is 13.8 Å². The van der Waals surface area contributed by atoms with Gasteiger partial charge in [-0.3, -0.25) is 4.79 Å². The Morgan fingerprint density at radius 3 is 2.68 bits per heavy atom. The van der Waals surface area contributed by atoms with Gasteiger partial charge in [0.1, 0.15) is 5.75 Å². The van der Waals surface area contributed by atoms with Crippen LogP contribution in [0.25, 0.3) is 0 Å². The molecule has 0 aromatic heterocycles. The summed E-state index contributed by atoms with van der Waals surface area (Å²) in [4.78, 5) is 14.4. The Morgan fingerprint density at radius 2 is 2.11 bits per heavy atom. The van der Waals surface area contributed by atoms with E-state index in [1.807, 2.05) is 4.90 Å². The maximum atomic E-state index is 12.4. The molecule has 1 aromatic rings. The van der Waals surface area contributed by atoms with E-state index in [1.165, 1.54) is 0 Å². The largest absolute Gasteiger partial charge is 0.495 e. The summed E-state index contributed by atoms with van der Waals surface area (Å²) >= 11 is 0. The highest BCUT2D eigenvalue weighted by Gasteiger charge is 2.26. The minimum Gasteiger partial charge on any atom is -0.495 e. The summed E-state index contributed by atoms with van der Waals surface area (Å²) < 4.78 is 5.11. The fourth-order valence-corrected chi connectivity index (χ4v) is 2.50. The van der Waals surface area contributed by atoms with Crippen molar-refractivity contribution in [3.8, 4) is 5.75 Å². The highest BCUT2D eigenvalue weighted by molar-refractivity contribution is 5.95. The van der Waals surface area contributed by atoms with Gasteiger partial charge in [-0.2, -0.15) is 0 Å². The number of hydrogen-bond acceptors (Lipinski definition) is 3. The Labute approximate surface area is 114 Å². The van der Waals surface area contributed by atoms with Gasteiger partial charge in [0.15, 0.2) is 0 Å². The number of carbonyl (C=O) groups is 1. The number of rotatable bonds is 2. The number of nitrogens with two attached hydrogens (primary N) is 1. The van der Waals surface area contributed by atoms with E-state index >= 15 is 0 Å². The van der Waals surface area contributed by atoms with Crippen LogP contribution in [0.4, 0.5) is 5.69 Å². The van der Waals surface area contributed by atoms with Crippen molar-refractivity contribution in [3.05, 3.63) is 23.8 Å². The van der Waals surface area contributed by atoms with E-state index in [1.54, 1.807) is 25.3 Å². The lowest BCUT2D eigenvalue weighted by molar-refractivity contribution is 0.0627. The molecule has 1 heterocycles. The third kappa shape index (κ3) is 2.83. The van der Waals surface area contributed by atoms with Gasteiger partial charge >= 0.3 is 0 Å². The first kappa shape index (κ1) is 13.7. The minimum atomic E-state index is 0.0631. The van der Waals surface area contributed by atoms with Crippen molar-refractivity contribution >= 4 is 11.6 Å². The molecule has 1 amide bonds. The molecule has 1 aliphatic rings. The highest BCUT2D eigenvalue weighted by Crippen LogP contribution is 2.26. The molecule has 2 unspecified atom stereocenters. The lowest BCUT2D eigenvalue weighted by atomic mass is 9.88. The van der Waals surface area contributed by atoms with Gasteiger partial charge in [-0.05, 0) is 36.5 Å². The highest BCUT2D eigenvalue weighted by atomic mass is 16.5. The maximum absolute atomic E-state index is 12.4. The molecule has 1 aromatic carbocycles. The summed E-state index contributed by atoms with van der Waals surface area (Å²) in [7, 11) is 1.57. The Bertz CT molecular complexity index is 473. The van der Waals surface area contributed by atoms with Gasteiger partial charge in [-0.15, -0.1) is 0 Å². The lowest BCUT2D eigenvalue weighted by Gasteiger charge is -2.35. The van der Waals surface area contributed by atoms with E-state index in [9.17, 15) is 4.79 Å². The average molecular weight is 262 g/mol. The van der Waals surface area contributed by atoms with Crippen LogP contribution in [0, 0.1) is 11.8 Å². The molecule has 2 N–H and O–H groups in total. The third-order valence-electron chi connectivity index (χ3n) is 4.10. The lowest BCUT2D eigenvalue weighted by Crippen LogP contribution is -2.42. The van der Waals surface area contributed by atoms with Crippen molar-refractivity contribution < 1.29 is 9.53 Å². The summed E-state index contributed by atoms with van der Waals surface area (Å²) in [5.41, 5.74) is 7.00. The molecule has 1 saturated heterocycles. The topological polar surface area (TPSA) is 55.6 Å². The van der Waals surface area contributed by atoms with Crippen molar-refractivity contribution in [2.24, 2.45) is 11.8 Å². The van der Waals surface area contributed by atoms with Gasteiger partial charge in [0.2, 0.25) is 0 Å². The fourth-order valence-electron chi connectivity index (χ4n) is 2.50. The molecule has 1 fully saturated rings. The zero-order valence-corrected chi connectivity index (χ0v) is 11.8. The number of benzene rings is 1. The summed E-state index contributed by atoms with van der Waals surface area (Å²) in [6, 6.07) is 5.22. The number of piperidine rings is 1. The second kappa shape index (κ2) is 5.51. The quantitative estimate of drug-likeness (QED) is 0.833. The standard InChI is InChI=1S/C15H22N2O2/c1-10-6-7-17(9-11(10)2)15(18)12-4-5-14(19-3)13(16)8-12/h4-5,8,10-11H,6-7,9,16H2,1-3H3. The number of amides is 1. The molecular formula is C15H22N2O2. The van der Waals surface area contributed by atoms with E-state index < -0.39 is 0 Å². The van der Waals surface area contributed by atoms with Gasteiger partial charge in [0, 0.05) is 18.7 Å². The zero-order chi connectivity index (χ0) is 14.0. The van der Waals surface area contributed by atoms with Gasteiger partial charge in [0.25, 0.3) is 5.91 Å². The van der Waals surface area contributed by atoms with Crippen LogP contribution < -0.4 is 10.5 Å². The molecule has 104 valence electrons. The SMILES string of the molecule is COc1ccc(C(=O)N2CCC(C)C(C)C2)cc1N. The molecule has 2 rings (SSSR count). The average Bonchev–Trinajstić information content (AvgIpc) is 2.41. The first-order chi connectivity index (χ1) is 9.02. The number of ether oxygens (including phenoxy) is 1. The molecule has 0 spiro atoms. The number of methoxy groups -OCH3 is 1. The number of likely N-dealkylation sites (tertiary alicyclic amines) is 1. The van der Waals surface area contributed by atoms with Gasteiger partial charge in [-0.25, -0.2) is 0 Å². The summed E-state index contributed by atoms with van der Waals surface area (Å²) in [6.45, 7) is 6.10. The summed E-state index contributed by atoms with van der Waals surface area (Å²) in [6.07, 6.45) is 1.07. The van der Waals surface area contributed by atoms with E-state index in [0.29, 0.717) is 28.8 Å². The van der Waals surface area contributed by atoms with Crippen molar-refractivity contribution in [3.63, 3.8) is 0 Å². The number of carbonyl (C=O) groups excluding carboxylic acids is 1. The first-order valence-electron chi connectivity index (χ1n) is 6.75. The Morgan fingerprint density at radius 1 is 1.37 bits per heavy atom. The predicted octanol–water partition coefficient (Wildman–Crippen LogP) is 2.40. The van der Waals surface area contributed by atoms with Crippen molar-refractivity contribution in [1.82, 2.24) is 4.90 Å². The van der Waals surface area contributed by atoms with E-state index in [-0.39, 0.29) is 5.91 Å². The number of nitrogen functional groups attached to an aromatic ring is 1. The van der Waals surface area contributed by atoms with E-state index in [0.717, 1.165) is 19.5 Å². The fraction of sp³-hybridized carbons (Fsp3) is 0.533. The zero-order valence-electron chi connectivity index (χ0n) is 11.8. The van der Waals surface area contributed by atoms with Crippen LogP contribution in [-0.2, 0) is 0 Å². The van der Waals surface area contributed by atoms with Gasteiger partial charge < -0.3 is 15.4 Å². The molecule has 0 saturated carbocycles. The molecule has 0 aliphatic carbocycles. The molecule has 0 radical (unpaired) electrons. The summed E-state index contributed by atoms with van der Waals surface area (Å²) in [5, 5.41) is 0. The minimum absolute atomic E-state index is 0.0631. The number of nitrogens with zero attached hydrogens (tertiary/aromatic N) is 1. The predicted molar refractivity (Wildman–Crippen MR) is 76.3 cm³/mol. The number of anilines is 1. The molecular weight excluding hydrogens is 240 g/mol. The van der Waals surface area contributed by atoms with Crippen LogP contribution in [0.1, 0.15) is 30.6 Å². The van der Waals surface area contributed by atoms with Crippen LogP contribution in [0.2, 0.25) is 0 Å². The molecule has 4 heteroatoms. The molecule has 19 heavy (non-hydrogen) atoms. The van der Waals surface area contributed by atoms with Crippen LogP contribution in [0.5, 0.6) is 5.75 Å².